The minimum Gasteiger partial charge on any atom is -0.353 e. The molecule has 2 N–H and O–H groups in total. The van der Waals surface area contributed by atoms with Gasteiger partial charge in [-0.15, -0.1) is 0 Å². The van der Waals surface area contributed by atoms with E-state index in [1.54, 1.807) is 0 Å². The van der Waals surface area contributed by atoms with Crippen LogP contribution in [0.2, 0.25) is 0 Å². The molecule has 23 heavy (non-hydrogen) atoms. The van der Waals surface area contributed by atoms with Gasteiger partial charge in [-0.2, -0.15) is 0 Å². The average Bonchev–Trinajstić information content (AvgIpc) is 3.22. The molecule has 0 aliphatic heterocycles. The van der Waals surface area contributed by atoms with Crippen molar-refractivity contribution in [3.05, 3.63) is 24.3 Å². The number of carbonyl (C=O) groups is 2. The second-order valence-corrected chi connectivity index (χ2v) is 7.48. The van der Waals surface area contributed by atoms with E-state index in [-0.39, 0.29) is 29.3 Å². The van der Waals surface area contributed by atoms with E-state index in [1.165, 1.54) is 0 Å². The second kappa shape index (κ2) is 7.33. The lowest BCUT2D eigenvalue weighted by atomic mass is 9.78. The van der Waals surface area contributed by atoms with Gasteiger partial charge in [0.15, 0.2) is 0 Å². The summed E-state index contributed by atoms with van der Waals surface area (Å²) in [5.74, 6) is 0.242. The van der Waals surface area contributed by atoms with Gasteiger partial charge < -0.3 is 10.6 Å². The summed E-state index contributed by atoms with van der Waals surface area (Å²) in [6.45, 7) is 0. The van der Waals surface area contributed by atoms with Gasteiger partial charge in [-0.05, 0) is 43.9 Å². The molecule has 0 aromatic rings. The molecule has 0 aromatic heterocycles. The molecule has 1 fully saturated rings. The van der Waals surface area contributed by atoms with Crippen LogP contribution in [0, 0.1) is 5.41 Å². The molecule has 2 amide bonds. The smallest absolute Gasteiger partial charge is 0.220 e. The quantitative estimate of drug-likeness (QED) is 0.740. The Morgan fingerprint density at radius 1 is 0.783 bits per heavy atom. The highest BCUT2D eigenvalue weighted by atomic mass is 16.2. The average molecular weight is 316 g/mol. The Morgan fingerprint density at radius 2 is 1.17 bits per heavy atom. The third-order valence-electron chi connectivity index (χ3n) is 5.48. The van der Waals surface area contributed by atoms with Crippen molar-refractivity contribution in [2.24, 2.45) is 5.41 Å². The molecule has 0 unspecified atom stereocenters. The maximum absolute atomic E-state index is 12.4. The summed E-state index contributed by atoms with van der Waals surface area (Å²) >= 11 is 0. The highest BCUT2D eigenvalue weighted by molar-refractivity contribution is 5.81. The number of hydrogen-bond acceptors (Lipinski definition) is 2. The van der Waals surface area contributed by atoms with E-state index >= 15 is 0 Å². The molecule has 3 aliphatic carbocycles. The maximum atomic E-state index is 12.4. The first-order valence-electron chi connectivity index (χ1n) is 9.04. The lowest BCUT2D eigenvalue weighted by Gasteiger charge is -2.29. The summed E-state index contributed by atoms with van der Waals surface area (Å²) in [6.07, 6.45) is 17.5. The van der Waals surface area contributed by atoms with Crippen molar-refractivity contribution in [1.29, 1.82) is 0 Å². The lowest BCUT2D eigenvalue weighted by Crippen LogP contribution is -2.40. The lowest BCUT2D eigenvalue weighted by molar-refractivity contribution is -0.127. The Bertz CT molecular complexity index is 447. The van der Waals surface area contributed by atoms with Crippen LogP contribution in [0.3, 0.4) is 0 Å². The first-order chi connectivity index (χ1) is 11.2. The van der Waals surface area contributed by atoms with Gasteiger partial charge in [-0.1, -0.05) is 37.1 Å². The minimum atomic E-state index is -0.119. The summed E-state index contributed by atoms with van der Waals surface area (Å²) in [6, 6.07) is 0.527. The van der Waals surface area contributed by atoms with Crippen LogP contribution in [0.4, 0.5) is 0 Å². The zero-order valence-electron chi connectivity index (χ0n) is 13.9. The van der Waals surface area contributed by atoms with Crippen molar-refractivity contribution in [3.63, 3.8) is 0 Å². The van der Waals surface area contributed by atoms with Gasteiger partial charge in [0.25, 0.3) is 0 Å². The van der Waals surface area contributed by atoms with E-state index in [1.807, 2.05) is 0 Å². The van der Waals surface area contributed by atoms with Crippen molar-refractivity contribution >= 4 is 11.8 Å². The molecule has 0 heterocycles. The van der Waals surface area contributed by atoms with Gasteiger partial charge in [-0.3, -0.25) is 9.59 Å². The maximum Gasteiger partial charge on any atom is 0.220 e. The highest BCUT2D eigenvalue weighted by Crippen LogP contribution is 2.44. The monoisotopic (exact) mass is 316 g/mol. The fraction of sp³-hybridized carbons (Fsp3) is 0.684. The van der Waals surface area contributed by atoms with E-state index < -0.39 is 0 Å². The largest absolute Gasteiger partial charge is 0.353 e. The Kier molecular flexibility index (Phi) is 5.19. The van der Waals surface area contributed by atoms with Crippen LogP contribution in [-0.4, -0.2) is 23.9 Å². The van der Waals surface area contributed by atoms with E-state index in [2.05, 4.69) is 34.9 Å². The third-order valence-corrected chi connectivity index (χ3v) is 5.48. The molecule has 0 atom stereocenters. The van der Waals surface area contributed by atoms with Crippen molar-refractivity contribution in [3.8, 4) is 0 Å². The van der Waals surface area contributed by atoms with Gasteiger partial charge in [0.2, 0.25) is 11.8 Å². The third kappa shape index (κ3) is 4.46. The zero-order chi connectivity index (χ0) is 16.1. The number of nitrogens with one attached hydrogen (secondary N) is 2. The molecule has 0 saturated heterocycles. The number of rotatable bonds is 6. The molecule has 3 aliphatic rings. The molecule has 4 heteroatoms. The molecule has 0 spiro atoms. The molecule has 0 aromatic carbocycles. The predicted molar refractivity (Wildman–Crippen MR) is 90.7 cm³/mol. The Labute approximate surface area is 138 Å². The van der Waals surface area contributed by atoms with Crippen LogP contribution in [0.1, 0.15) is 64.2 Å². The van der Waals surface area contributed by atoms with Crippen LogP contribution in [0.5, 0.6) is 0 Å². The normalized spacial score (nSPS) is 23.5. The summed E-state index contributed by atoms with van der Waals surface area (Å²) in [5.41, 5.74) is -0.119. The fourth-order valence-corrected chi connectivity index (χ4v) is 4.25. The van der Waals surface area contributed by atoms with Gasteiger partial charge in [0.05, 0.1) is 0 Å². The van der Waals surface area contributed by atoms with Crippen LogP contribution >= 0.6 is 0 Å². The number of carbonyl (C=O) groups excluding carboxylic acids is 2. The minimum absolute atomic E-state index is 0.119. The van der Waals surface area contributed by atoms with Crippen LogP contribution in [0.25, 0.3) is 0 Å². The Morgan fingerprint density at radius 3 is 1.57 bits per heavy atom. The van der Waals surface area contributed by atoms with Crippen molar-refractivity contribution in [1.82, 2.24) is 10.6 Å². The second-order valence-electron chi connectivity index (χ2n) is 7.48. The first kappa shape index (κ1) is 16.3. The van der Waals surface area contributed by atoms with Crippen LogP contribution < -0.4 is 10.6 Å². The molecular weight excluding hydrogens is 288 g/mol. The summed E-state index contributed by atoms with van der Waals surface area (Å²) in [4.78, 5) is 24.8. The molecule has 126 valence electrons. The van der Waals surface area contributed by atoms with Gasteiger partial charge in [0, 0.05) is 24.9 Å². The zero-order valence-corrected chi connectivity index (χ0v) is 13.9. The van der Waals surface area contributed by atoms with Gasteiger partial charge >= 0.3 is 0 Å². The van der Waals surface area contributed by atoms with E-state index in [9.17, 15) is 9.59 Å². The summed E-state index contributed by atoms with van der Waals surface area (Å²) < 4.78 is 0. The molecule has 3 rings (SSSR count). The highest BCUT2D eigenvalue weighted by Gasteiger charge is 2.38. The van der Waals surface area contributed by atoms with Crippen molar-refractivity contribution in [2.45, 2.75) is 76.3 Å². The summed E-state index contributed by atoms with van der Waals surface area (Å²) in [5, 5.41) is 6.27. The molecule has 0 bridgehead atoms. The SMILES string of the molecule is O=C(CC1(CC(=O)NC2CC=CC2)CCCC1)NC1CC=CC1. The van der Waals surface area contributed by atoms with Crippen molar-refractivity contribution < 1.29 is 9.59 Å². The standard InChI is InChI=1S/C19H28N2O2/c22-17(20-15-7-1-2-8-15)13-19(11-5-6-12-19)14-18(23)21-16-9-3-4-10-16/h1-4,15-16H,5-14H2,(H,20,22)(H,21,23). The Balaban J connectivity index is 1.51. The van der Waals surface area contributed by atoms with E-state index in [0.29, 0.717) is 12.8 Å². The fourth-order valence-electron chi connectivity index (χ4n) is 4.25. The Hall–Kier alpha value is -1.58. The number of amides is 2. The predicted octanol–water partition coefficient (Wildman–Crippen LogP) is 3.00. The summed E-state index contributed by atoms with van der Waals surface area (Å²) in [7, 11) is 0. The van der Waals surface area contributed by atoms with E-state index in [0.717, 1.165) is 51.4 Å². The van der Waals surface area contributed by atoms with Crippen molar-refractivity contribution in [2.75, 3.05) is 0 Å². The van der Waals surface area contributed by atoms with Crippen LogP contribution in [0.15, 0.2) is 24.3 Å². The molecule has 1 saturated carbocycles. The van der Waals surface area contributed by atoms with Gasteiger partial charge in [0.1, 0.15) is 0 Å². The van der Waals surface area contributed by atoms with Crippen LogP contribution in [-0.2, 0) is 9.59 Å². The number of hydrogen-bond donors (Lipinski definition) is 2. The molecule has 4 nitrogen and oxygen atoms in total. The molecule has 0 radical (unpaired) electrons. The van der Waals surface area contributed by atoms with E-state index in [4.69, 9.17) is 0 Å². The van der Waals surface area contributed by atoms with Gasteiger partial charge in [-0.25, -0.2) is 0 Å². The molecular formula is C19H28N2O2. The topological polar surface area (TPSA) is 58.2 Å². The first-order valence-corrected chi connectivity index (χ1v) is 9.04.